The fourth-order valence-corrected chi connectivity index (χ4v) is 3.89. The van der Waals surface area contributed by atoms with Gasteiger partial charge in [-0.25, -0.2) is 0 Å². The molecule has 0 unspecified atom stereocenters. The van der Waals surface area contributed by atoms with Crippen molar-refractivity contribution in [2.75, 3.05) is 13.1 Å². The van der Waals surface area contributed by atoms with Crippen molar-refractivity contribution < 1.29 is 19.4 Å². The molecule has 5 heteroatoms. The SMILES string of the molecule is O=C(O)[C@H]1[C@@H]2C=C[C@@]3(CN(C/C=C/c4ccccc4)C(=O)[C@@H]13)O2. The number of hydrogen-bond acceptors (Lipinski definition) is 3. The summed E-state index contributed by atoms with van der Waals surface area (Å²) in [6, 6.07) is 9.85. The van der Waals surface area contributed by atoms with Gasteiger partial charge < -0.3 is 14.7 Å². The molecule has 4 rings (SSSR count). The van der Waals surface area contributed by atoms with Crippen LogP contribution in [0.3, 0.4) is 0 Å². The molecule has 0 radical (unpaired) electrons. The first-order valence-electron chi connectivity index (χ1n) is 7.71. The van der Waals surface area contributed by atoms with Crippen LogP contribution in [0.15, 0.2) is 48.6 Å². The summed E-state index contributed by atoms with van der Waals surface area (Å²) in [5, 5.41) is 9.41. The number of carboxylic acid groups (broad SMARTS) is 1. The number of likely N-dealkylation sites (tertiary alicyclic amines) is 1. The number of carbonyl (C=O) groups excluding carboxylic acids is 1. The lowest BCUT2D eigenvalue weighted by Gasteiger charge is -2.21. The van der Waals surface area contributed by atoms with Gasteiger partial charge in [0.1, 0.15) is 11.5 Å². The van der Waals surface area contributed by atoms with E-state index in [9.17, 15) is 14.7 Å². The van der Waals surface area contributed by atoms with Crippen molar-refractivity contribution in [1.82, 2.24) is 4.90 Å². The first-order chi connectivity index (χ1) is 11.1. The van der Waals surface area contributed by atoms with Crippen molar-refractivity contribution in [3.63, 3.8) is 0 Å². The Hall–Kier alpha value is -2.40. The number of amides is 1. The number of carboxylic acids is 1. The van der Waals surface area contributed by atoms with Gasteiger partial charge in [0.2, 0.25) is 5.91 Å². The first-order valence-corrected chi connectivity index (χ1v) is 7.71. The summed E-state index contributed by atoms with van der Waals surface area (Å²) < 4.78 is 5.84. The van der Waals surface area contributed by atoms with Gasteiger partial charge in [-0.1, -0.05) is 54.6 Å². The van der Waals surface area contributed by atoms with E-state index in [0.717, 1.165) is 5.56 Å². The number of ether oxygens (including phenoxy) is 1. The number of benzene rings is 1. The topological polar surface area (TPSA) is 66.8 Å². The van der Waals surface area contributed by atoms with Crippen LogP contribution in [0.5, 0.6) is 0 Å². The number of nitrogens with zero attached hydrogens (tertiary/aromatic N) is 1. The lowest BCUT2D eigenvalue weighted by molar-refractivity contribution is -0.147. The molecule has 2 bridgehead atoms. The van der Waals surface area contributed by atoms with Crippen molar-refractivity contribution in [1.29, 1.82) is 0 Å². The maximum Gasteiger partial charge on any atom is 0.310 e. The van der Waals surface area contributed by atoms with Gasteiger partial charge in [-0.3, -0.25) is 9.59 Å². The average molecular weight is 311 g/mol. The lowest BCUT2D eigenvalue weighted by atomic mass is 9.77. The molecule has 0 aliphatic carbocycles. The summed E-state index contributed by atoms with van der Waals surface area (Å²) in [7, 11) is 0. The van der Waals surface area contributed by atoms with Gasteiger partial charge in [-0.2, -0.15) is 0 Å². The van der Waals surface area contributed by atoms with Crippen LogP contribution in [0.1, 0.15) is 5.56 Å². The highest BCUT2D eigenvalue weighted by Gasteiger charge is 2.66. The first kappa shape index (κ1) is 14.2. The number of rotatable bonds is 4. The normalized spacial score (nSPS) is 34.5. The van der Waals surface area contributed by atoms with Gasteiger partial charge >= 0.3 is 5.97 Å². The molecule has 1 spiro atoms. The van der Waals surface area contributed by atoms with Crippen molar-refractivity contribution in [2.45, 2.75) is 11.7 Å². The zero-order valence-corrected chi connectivity index (χ0v) is 12.5. The molecule has 3 aliphatic rings. The van der Waals surface area contributed by atoms with Gasteiger partial charge in [0.25, 0.3) is 0 Å². The Labute approximate surface area is 133 Å². The van der Waals surface area contributed by atoms with E-state index in [2.05, 4.69) is 0 Å². The molecule has 2 saturated heterocycles. The molecular weight excluding hydrogens is 294 g/mol. The molecule has 4 atom stereocenters. The predicted octanol–water partition coefficient (Wildman–Crippen LogP) is 1.57. The summed E-state index contributed by atoms with van der Waals surface area (Å²) in [6.45, 7) is 0.882. The monoisotopic (exact) mass is 311 g/mol. The molecule has 23 heavy (non-hydrogen) atoms. The Morgan fingerprint density at radius 1 is 1.39 bits per heavy atom. The third kappa shape index (κ3) is 2.11. The van der Waals surface area contributed by atoms with Crippen LogP contribution < -0.4 is 0 Å². The number of aliphatic carboxylic acids is 1. The fraction of sp³-hybridized carbons (Fsp3) is 0.333. The van der Waals surface area contributed by atoms with Crippen molar-refractivity contribution in [3.8, 4) is 0 Å². The van der Waals surface area contributed by atoms with E-state index >= 15 is 0 Å². The van der Waals surface area contributed by atoms with E-state index in [0.29, 0.717) is 13.1 Å². The van der Waals surface area contributed by atoms with E-state index in [1.165, 1.54) is 0 Å². The van der Waals surface area contributed by atoms with Crippen molar-refractivity contribution in [3.05, 3.63) is 54.1 Å². The minimum Gasteiger partial charge on any atom is -0.481 e. The number of fused-ring (bicyclic) bond motifs is 1. The van der Waals surface area contributed by atoms with E-state index < -0.39 is 29.5 Å². The van der Waals surface area contributed by atoms with Gasteiger partial charge in [0.15, 0.2) is 0 Å². The smallest absolute Gasteiger partial charge is 0.310 e. The Kier molecular flexibility index (Phi) is 3.13. The minimum atomic E-state index is -0.957. The molecular formula is C18H17NO4. The molecule has 1 aromatic rings. The van der Waals surface area contributed by atoms with Crippen LogP contribution in [0.25, 0.3) is 6.08 Å². The second kappa shape index (κ2) is 5.06. The third-order valence-corrected chi connectivity index (χ3v) is 4.90. The number of carbonyl (C=O) groups is 2. The molecule has 0 saturated carbocycles. The van der Waals surface area contributed by atoms with Crippen molar-refractivity contribution in [2.24, 2.45) is 11.8 Å². The Balaban J connectivity index is 1.51. The van der Waals surface area contributed by atoms with Gasteiger partial charge in [-0.05, 0) is 5.56 Å². The molecule has 0 aromatic heterocycles. The van der Waals surface area contributed by atoms with Gasteiger partial charge in [0, 0.05) is 6.54 Å². The third-order valence-electron chi connectivity index (χ3n) is 4.90. The molecule has 3 aliphatic heterocycles. The van der Waals surface area contributed by atoms with Gasteiger partial charge in [-0.15, -0.1) is 0 Å². The quantitative estimate of drug-likeness (QED) is 0.857. The summed E-state index contributed by atoms with van der Waals surface area (Å²) in [5.41, 5.74) is 0.323. The average Bonchev–Trinajstić information content (AvgIpc) is 3.17. The summed E-state index contributed by atoms with van der Waals surface area (Å²) >= 11 is 0. The standard InChI is InChI=1S/C18H17NO4/c20-16-15-14(17(21)22)13-8-9-18(15,23-13)11-19(16)10-4-7-12-5-2-1-3-6-12/h1-9,13-15H,10-11H2,(H,21,22)/b7-4+/t13-,14-,15+,18-/m0/s1. The molecule has 5 nitrogen and oxygen atoms in total. The van der Waals surface area contributed by atoms with E-state index in [1.807, 2.05) is 48.6 Å². The Morgan fingerprint density at radius 2 is 2.17 bits per heavy atom. The van der Waals surface area contributed by atoms with Crippen LogP contribution in [-0.4, -0.2) is 46.7 Å². The Morgan fingerprint density at radius 3 is 2.91 bits per heavy atom. The second-order valence-corrected chi connectivity index (χ2v) is 6.27. The molecule has 1 amide bonds. The van der Waals surface area contributed by atoms with E-state index in [-0.39, 0.29) is 5.91 Å². The zero-order chi connectivity index (χ0) is 16.0. The largest absolute Gasteiger partial charge is 0.481 e. The number of hydrogen-bond donors (Lipinski definition) is 1. The van der Waals surface area contributed by atoms with Crippen LogP contribution in [0, 0.1) is 11.8 Å². The second-order valence-electron chi connectivity index (χ2n) is 6.27. The summed E-state index contributed by atoms with van der Waals surface area (Å²) in [5.74, 6) is -2.45. The van der Waals surface area contributed by atoms with Crippen molar-refractivity contribution >= 4 is 18.0 Å². The predicted molar refractivity (Wildman–Crippen MR) is 83.4 cm³/mol. The fourth-order valence-electron chi connectivity index (χ4n) is 3.89. The van der Waals surface area contributed by atoms with E-state index in [4.69, 9.17) is 4.74 Å². The van der Waals surface area contributed by atoms with Gasteiger partial charge in [0.05, 0.1) is 18.6 Å². The van der Waals surface area contributed by atoms with Crippen LogP contribution in [0.4, 0.5) is 0 Å². The molecule has 3 heterocycles. The maximum absolute atomic E-state index is 12.6. The molecule has 118 valence electrons. The molecule has 1 aromatic carbocycles. The highest BCUT2D eigenvalue weighted by Crippen LogP contribution is 2.51. The van der Waals surface area contributed by atoms with E-state index in [1.54, 1.807) is 11.0 Å². The van der Waals surface area contributed by atoms with Crippen LogP contribution >= 0.6 is 0 Å². The highest BCUT2D eigenvalue weighted by molar-refractivity contribution is 5.90. The summed E-state index contributed by atoms with van der Waals surface area (Å²) in [4.78, 5) is 25.8. The van der Waals surface area contributed by atoms with Crippen LogP contribution in [-0.2, 0) is 14.3 Å². The lowest BCUT2D eigenvalue weighted by Crippen LogP contribution is -2.39. The maximum atomic E-state index is 12.6. The molecule has 1 N–H and O–H groups in total. The minimum absolute atomic E-state index is 0.123. The van der Waals surface area contributed by atoms with Crippen LogP contribution in [0.2, 0.25) is 0 Å². The highest BCUT2D eigenvalue weighted by atomic mass is 16.5. The zero-order valence-electron chi connectivity index (χ0n) is 12.5. The summed E-state index contributed by atoms with van der Waals surface area (Å²) in [6.07, 6.45) is 7.08. The Bertz CT molecular complexity index is 711. The molecule has 2 fully saturated rings.